The fourth-order valence-corrected chi connectivity index (χ4v) is 1.04. The van der Waals surface area contributed by atoms with Gasteiger partial charge in [-0.2, -0.15) is 0 Å². The lowest BCUT2D eigenvalue weighted by molar-refractivity contribution is -0.134. The Morgan fingerprint density at radius 2 is 1.64 bits per heavy atom. The molecule has 0 aliphatic heterocycles. The van der Waals surface area contributed by atoms with Gasteiger partial charge < -0.3 is 29.9 Å². The second-order valence-electron chi connectivity index (χ2n) is 2.96. The third-order valence-electron chi connectivity index (χ3n) is 1.95. The molecule has 0 amide bonds. The first-order valence-electron chi connectivity index (χ1n) is 4.25. The van der Waals surface area contributed by atoms with Gasteiger partial charge in [0.2, 0.25) is 0 Å². The van der Waals surface area contributed by atoms with E-state index in [1.54, 1.807) is 0 Å². The normalized spacial score (nSPS) is 20.1. The van der Waals surface area contributed by atoms with Crippen LogP contribution in [0.3, 0.4) is 0 Å². The maximum Gasteiger partial charge on any atom is 0.111 e. The summed E-state index contributed by atoms with van der Waals surface area (Å²) in [6, 6.07) is 0. The van der Waals surface area contributed by atoms with Gasteiger partial charge in [-0.1, -0.05) is 0 Å². The van der Waals surface area contributed by atoms with Gasteiger partial charge in [0.1, 0.15) is 24.4 Å². The van der Waals surface area contributed by atoms with Crippen molar-refractivity contribution in [2.24, 2.45) is 0 Å². The summed E-state index contributed by atoms with van der Waals surface area (Å²) >= 11 is 0. The average molecular weight is 210 g/mol. The van der Waals surface area contributed by atoms with Crippen LogP contribution in [0, 0.1) is 0 Å². The van der Waals surface area contributed by atoms with Crippen LogP contribution in [-0.4, -0.2) is 72.3 Å². The summed E-state index contributed by atoms with van der Waals surface area (Å²) in [5.41, 5.74) is 0. The molecule has 0 saturated heterocycles. The maximum absolute atomic E-state index is 9.42. The number of ether oxygens (including phenoxy) is 2. The first kappa shape index (κ1) is 13.8. The molecule has 86 valence electrons. The molecule has 0 rings (SSSR count). The minimum Gasteiger partial charge on any atom is -0.394 e. The molecule has 0 bridgehead atoms. The van der Waals surface area contributed by atoms with Gasteiger partial charge in [-0.15, -0.1) is 0 Å². The van der Waals surface area contributed by atoms with E-state index in [2.05, 4.69) is 4.74 Å². The molecule has 0 aromatic rings. The summed E-state index contributed by atoms with van der Waals surface area (Å²) in [6.45, 7) is -0.533. The molecule has 0 aliphatic rings. The predicted molar refractivity (Wildman–Crippen MR) is 47.8 cm³/mol. The van der Waals surface area contributed by atoms with Crippen molar-refractivity contribution in [1.82, 2.24) is 0 Å². The van der Waals surface area contributed by atoms with Crippen molar-refractivity contribution in [3.8, 4) is 0 Å². The second-order valence-corrected chi connectivity index (χ2v) is 2.96. The van der Waals surface area contributed by atoms with E-state index in [9.17, 15) is 15.3 Å². The van der Waals surface area contributed by atoms with Crippen molar-refractivity contribution in [3.05, 3.63) is 0 Å². The van der Waals surface area contributed by atoms with E-state index in [-0.39, 0.29) is 6.61 Å². The maximum atomic E-state index is 9.42. The summed E-state index contributed by atoms with van der Waals surface area (Å²) in [7, 11) is 2.65. The minimum atomic E-state index is -1.41. The number of rotatable bonds is 7. The molecule has 0 spiro atoms. The lowest BCUT2D eigenvalue weighted by atomic mass is 10.0. The highest BCUT2D eigenvalue weighted by atomic mass is 16.5. The van der Waals surface area contributed by atoms with Gasteiger partial charge >= 0.3 is 0 Å². The smallest absolute Gasteiger partial charge is 0.111 e. The van der Waals surface area contributed by atoms with Crippen LogP contribution in [0.5, 0.6) is 0 Å². The fraction of sp³-hybridized carbons (Fsp3) is 1.00. The van der Waals surface area contributed by atoms with Crippen LogP contribution in [0.2, 0.25) is 0 Å². The Bertz CT molecular complexity index is 138. The van der Waals surface area contributed by atoms with E-state index < -0.39 is 31.0 Å². The summed E-state index contributed by atoms with van der Waals surface area (Å²) in [5.74, 6) is 0. The van der Waals surface area contributed by atoms with Crippen molar-refractivity contribution in [2.75, 3.05) is 27.4 Å². The van der Waals surface area contributed by atoms with Crippen molar-refractivity contribution in [3.63, 3.8) is 0 Å². The molecule has 0 aliphatic carbocycles. The number of aliphatic hydroxyl groups excluding tert-OH is 4. The van der Waals surface area contributed by atoms with Crippen LogP contribution in [-0.2, 0) is 9.47 Å². The molecule has 0 saturated carbocycles. The predicted octanol–water partition coefficient (Wildman–Crippen LogP) is -2.28. The third kappa shape index (κ3) is 3.87. The molecule has 0 radical (unpaired) electrons. The molecule has 0 aromatic heterocycles. The molecule has 6 nitrogen and oxygen atoms in total. The summed E-state index contributed by atoms with van der Waals surface area (Å²) < 4.78 is 9.30. The van der Waals surface area contributed by atoms with Gasteiger partial charge in [0.15, 0.2) is 0 Å². The van der Waals surface area contributed by atoms with Gasteiger partial charge in [0, 0.05) is 14.2 Å². The first-order valence-corrected chi connectivity index (χ1v) is 4.25. The molecular formula is C8H18O6. The Morgan fingerprint density at radius 3 is 2.00 bits per heavy atom. The van der Waals surface area contributed by atoms with Crippen molar-refractivity contribution in [1.29, 1.82) is 0 Å². The first-order chi connectivity index (χ1) is 6.58. The van der Waals surface area contributed by atoms with Crippen LogP contribution >= 0.6 is 0 Å². The zero-order valence-corrected chi connectivity index (χ0v) is 8.33. The quantitative estimate of drug-likeness (QED) is 0.378. The molecule has 4 atom stereocenters. The number of hydrogen-bond acceptors (Lipinski definition) is 6. The topological polar surface area (TPSA) is 99.4 Å². The summed E-state index contributed by atoms with van der Waals surface area (Å²) in [4.78, 5) is 0. The highest BCUT2D eigenvalue weighted by Crippen LogP contribution is 2.07. The van der Waals surface area contributed by atoms with E-state index >= 15 is 0 Å². The van der Waals surface area contributed by atoms with Crippen LogP contribution in [0.4, 0.5) is 0 Å². The van der Waals surface area contributed by atoms with Gasteiger partial charge in [0.25, 0.3) is 0 Å². The van der Waals surface area contributed by atoms with Gasteiger partial charge in [-0.3, -0.25) is 0 Å². The molecule has 6 heteroatoms. The van der Waals surface area contributed by atoms with Crippen molar-refractivity contribution in [2.45, 2.75) is 24.4 Å². The monoisotopic (exact) mass is 210 g/mol. The Morgan fingerprint density at radius 1 is 1.07 bits per heavy atom. The Labute approximate surface area is 82.7 Å². The van der Waals surface area contributed by atoms with Crippen LogP contribution in [0.25, 0.3) is 0 Å². The van der Waals surface area contributed by atoms with Gasteiger partial charge in [-0.05, 0) is 0 Å². The SMILES string of the molecule is COCC(O)C(O)[C@H](O)C(CO)OC. The van der Waals surface area contributed by atoms with Gasteiger partial charge in [0.05, 0.1) is 13.2 Å². The zero-order valence-electron chi connectivity index (χ0n) is 8.33. The lowest BCUT2D eigenvalue weighted by Gasteiger charge is -2.27. The van der Waals surface area contributed by atoms with Crippen LogP contribution in [0.1, 0.15) is 0 Å². The van der Waals surface area contributed by atoms with Crippen molar-refractivity contribution < 1.29 is 29.9 Å². The fourth-order valence-electron chi connectivity index (χ4n) is 1.04. The minimum absolute atomic E-state index is 0.0971. The number of aliphatic hydroxyl groups is 4. The molecule has 4 N–H and O–H groups in total. The molecule has 0 aromatic carbocycles. The van der Waals surface area contributed by atoms with Crippen LogP contribution in [0.15, 0.2) is 0 Å². The molecular weight excluding hydrogens is 192 g/mol. The highest BCUT2D eigenvalue weighted by molar-refractivity contribution is 4.81. The highest BCUT2D eigenvalue weighted by Gasteiger charge is 2.30. The summed E-state index contributed by atoms with van der Waals surface area (Å²) in [5, 5.41) is 36.8. The second kappa shape index (κ2) is 7.10. The average Bonchev–Trinajstić information content (AvgIpc) is 2.18. The number of methoxy groups -OCH3 is 2. The molecule has 0 heterocycles. The molecule has 3 unspecified atom stereocenters. The van der Waals surface area contributed by atoms with Crippen molar-refractivity contribution >= 4 is 0 Å². The Balaban J connectivity index is 4.13. The largest absolute Gasteiger partial charge is 0.394 e. The Kier molecular flexibility index (Phi) is 6.98. The van der Waals surface area contributed by atoms with E-state index in [1.807, 2.05) is 0 Å². The van der Waals surface area contributed by atoms with E-state index in [0.717, 1.165) is 0 Å². The summed E-state index contributed by atoms with van der Waals surface area (Å²) in [6.07, 6.45) is -4.89. The zero-order chi connectivity index (χ0) is 11.1. The third-order valence-corrected chi connectivity index (χ3v) is 1.95. The molecule has 0 fully saturated rings. The van der Waals surface area contributed by atoms with Gasteiger partial charge in [-0.25, -0.2) is 0 Å². The van der Waals surface area contributed by atoms with E-state index in [4.69, 9.17) is 9.84 Å². The van der Waals surface area contributed by atoms with Crippen LogP contribution < -0.4 is 0 Å². The number of hydrogen-bond donors (Lipinski definition) is 4. The van der Waals surface area contributed by atoms with E-state index in [0.29, 0.717) is 0 Å². The Hall–Kier alpha value is -0.240. The lowest BCUT2D eigenvalue weighted by Crippen LogP contribution is -2.47. The molecule has 14 heavy (non-hydrogen) atoms. The van der Waals surface area contributed by atoms with E-state index in [1.165, 1.54) is 14.2 Å². The standard InChI is InChI=1S/C8H18O6/c1-13-4-5(10)7(11)8(12)6(3-9)14-2/h5-12H,3-4H2,1-2H3/t5?,6?,7?,8-/m1/s1.